The highest BCUT2D eigenvalue weighted by Gasteiger charge is 2.27. The van der Waals surface area contributed by atoms with E-state index in [1.54, 1.807) is 10.7 Å². The number of rotatable bonds is 5. The minimum Gasteiger partial charge on any atom is -0.349 e. The van der Waals surface area contributed by atoms with Gasteiger partial charge in [0.15, 0.2) is 5.82 Å². The Morgan fingerprint density at radius 3 is 2.97 bits per heavy atom. The topological polar surface area (TPSA) is 110 Å². The molecule has 3 aromatic rings. The molecule has 0 bridgehead atoms. The summed E-state index contributed by atoms with van der Waals surface area (Å²) in [6.45, 7) is 6.83. The van der Waals surface area contributed by atoms with Crippen molar-refractivity contribution >= 4 is 5.91 Å². The average molecular weight is 395 g/mol. The van der Waals surface area contributed by atoms with Crippen LogP contribution in [0.5, 0.6) is 0 Å². The van der Waals surface area contributed by atoms with Gasteiger partial charge in [-0.15, -0.1) is 0 Å². The van der Waals surface area contributed by atoms with Crippen molar-refractivity contribution in [3.8, 4) is 5.82 Å². The molecule has 2 atom stereocenters. The number of aromatic nitrogens is 6. The molecular weight excluding hydrogens is 370 g/mol. The summed E-state index contributed by atoms with van der Waals surface area (Å²) in [6, 6.07) is 2.97. The Labute approximate surface area is 168 Å². The van der Waals surface area contributed by atoms with Gasteiger partial charge in [-0.05, 0) is 38.7 Å². The zero-order valence-electron chi connectivity index (χ0n) is 16.8. The van der Waals surface area contributed by atoms with Gasteiger partial charge >= 0.3 is 0 Å². The third-order valence-electron chi connectivity index (χ3n) is 5.64. The van der Waals surface area contributed by atoms with Crippen LogP contribution in [0.3, 0.4) is 0 Å². The summed E-state index contributed by atoms with van der Waals surface area (Å²) in [6.07, 6.45) is 6.53. The molecule has 0 fully saturated rings. The molecule has 9 nitrogen and oxygen atoms in total. The molecular formula is C20H25N7O2. The van der Waals surface area contributed by atoms with Crippen LogP contribution in [0.15, 0.2) is 29.3 Å². The summed E-state index contributed by atoms with van der Waals surface area (Å²) in [5.41, 5.74) is 2.00. The largest absolute Gasteiger partial charge is 0.349 e. The second-order valence-corrected chi connectivity index (χ2v) is 7.55. The highest BCUT2D eigenvalue weighted by Crippen LogP contribution is 2.23. The number of hydrogen-bond donors (Lipinski definition) is 2. The highest BCUT2D eigenvalue weighted by atomic mass is 16.1. The zero-order chi connectivity index (χ0) is 20.5. The number of aryl methyl sites for hydroxylation is 2. The molecule has 2 N–H and O–H groups in total. The molecule has 0 aliphatic carbocycles. The van der Waals surface area contributed by atoms with Crippen LogP contribution in [0.2, 0.25) is 0 Å². The van der Waals surface area contributed by atoms with Crippen LogP contribution in [-0.4, -0.2) is 41.5 Å². The summed E-state index contributed by atoms with van der Waals surface area (Å²) < 4.78 is 3.76. The van der Waals surface area contributed by atoms with Crippen LogP contribution >= 0.6 is 0 Å². The number of carbonyl (C=O) groups is 1. The molecule has 0 saturated carbocycles. The van der Waals surface area contributed by atoms with Crippen LogP contribution in [0, 0.1) is 12.8 Å². The van der Waals surface area contributed by atoms with Gasteiger partial charge in [0.2, 0.25) is 0 Å². The molecule has 1 aliphatic heterocycles. The van der Waals surface area contributed by atoms with Gasteiger partial charge in [0.05, 0.1) is 23.1 Å². The maximum Gasteiger partial charge on any atom is 0.264 e. The van der Waals surface area contributed by atoms with E-state index in [-0.39, 0.29) is 17.5 Å². The van der Waals surface area contributed by atoms with E-state index in [1.165, 1.54) is 12.3 Å². The Kier molecular flexibility index (Phi) is 5.04. The van der Waals surface area contributed by atoms with Gasteiger partial charge in [-0.25, -0.2) is 14.8 Å². The Hall–Kier alpha value is -3.23. The molecule has 1 aliphatic rings. The number of amides is 1. The minimum atomic E-state index is -0.287. The number of H-pyrrole nitrogens is 1. The van der Waals surface area contributed by atoms with Gasteiger partial charge in [0.1, 0.15) is 5.82 Å². The third-order valence-corrected chi connectivity index (χ3v) is 5.64. The Balaban J connectivity index is 1.45. The molecule has 29 heavy (non-hydrogen) atoms. The van der Waals surface area contributed by atoms with Crippen molar-refractivity contribution < 1.29 is 4.79 Å². The van der Waals surface area contributed by atoms with Crippen LogP contribution in [0.4, 0.5) is 0 Å². The smallest absolute Gasteiger partial charge is 0.264 e. The molecule has 0 aromatic carbocycles. The van der Waals surface area contributed by atoms with Gasteiger partial charge in [-0.3, -0.25) is 9.59 Å². The summed E-state index contributed by atoms with van der Waals surface area (Å²) in [5.74, 6) is 1.79. The van der Waals surface area contributed by atoms with E-state index in [2.05, 4.69) is 50.2 Å². The van der Waals surface area contributed by atoms with E-state index in [9.17, 15) is 9.59 Å². The quantitative estimate of drug-likeness (QED) is 0.679. The summed E-state index contributed by atoms with van der Waals surface area (Å²) >= 11 is 0. The van der Waals surface area contributed by atoms with Crippen molar-refractivity contribution in [1.29, 1.82) is 0 Å². The zero-order valence-corrected chi connectivity index (χ0v) is 16.8. The number of nitrogens with one attached hydrogen (secondary N) is 2. The number of nitrogens with zero attached hydrogens (tertiary/aromatic N) is 5. The summed E-state index contributed by atoms with van der Waals surface area (Å²) in [5, 5.41) is 13.7. The fraction of sp³-hybridized carbons (Fsp3) is 0.450. The number of carbonyl (C=O) groups excluding carboxylic acids is 1. The number of hydrogen-bond acceptors (Lipinski definition) is 5. The Morgan fingerprint density at radius 1 is 1.41 bits per heavy atom. The van der Waals surface area contributed by atoms with Crippen molar-refractivity contribution in [1.82, 2.24) is 34.8 Å². The fourth-order valence-electron chi connectivity index (χ4n) is 3.83. The van der Waals surface area contributed by atoms with Crippen LogP contribution in [-0.2, 0) is 19.4 Å². The van der Waals surface area contributed by atoms with Gasteiger partial charge in [-0.2, -0.15) is 10.2 Å². The first-order valence-electron chi connectivity index (χ1n) is 9.92. The third kappa shape index (κ3) is 3.72. The lowest BCUT2D eigenvalue weighted by Crippen LogP contribution is -2.41. The minimum absolute atomic E-state index is 0.0251. The predicted octanol–water partition coefficient (Wildman–Crippen LogP) is 1.40. The second-order valence-electron chi connectivity index (χ2n) is 7.55. The van der Waals surface area contributed by atoms with Crippen molar-refractivity contribution in [2.24, 2.45) is 5.92 Å². The molecule has 1 amide bonds. The van der Waals surface area contributed by atoms with Gasteiger partial charge in [-0.1, -0.05) is 6.92 Å². The molecule has 152 valence electrons. The average Bonchev–Trinajstić information content (AvgIpc) is 3.31. The molecule has 4 heterocycles. The van der Waals surface area contributed by atoms with Gasteiger partial charge in [0.25, 0.3) is 11.5 Å². The molecule has 0 radical (unpaired) electrons. The van der Waals surface area contributed by atoms with Crippen LogP contribution in [0.1, 0.15) is 47.8 Å². The van der Waals surface area contributed by atoms with Crippen LogP contribution < -0.4 is 10.9 Å². The first-order chi connectivity index (χ1) is 14.0. The van der Waals surface area contributed by atoms with Gasteiger partial charge in [0, 0.05) is 31.3 Å². The Morgan fingerprint density at radius 2 is 2.24 bits per heavy atom. The molecule has 0 saturated heterocycles. The molecule has 3 aromatic heterocycles. The van der Waals surface area contributed by atoms with Crippen molar-refractivity contribution in [3.05, 3.63) is 57.7 Å². The summed E-state index contributed by atoms with van der Waals surface area (Å²) in [7, 11) is 0. The van der Waals surface area contributed by atoms with E-state index in [4.69, 9.17) is 0 Å². The van der Waals surface area contributed by atoms with E-state index in [0.29, 0.717) is 23.0 Å². The number of imidazole rings is 1. The number of fused-ring (bicyclic) bond motifs is 1. The summed E-state index contributed by atoms with van der Waals surface area (Å²) in [4.78, 5) is 28.7. The second kappa shape index (κ2) is 7.65. The molecule has 0 spiro atoms. The van der Waals surface area contributed by atoms with E-state index in [1.807, 2.05) is 6.92 Å². The fourth-order valence-corrected chi connectivity index (χ4v) is 3.83. The maximum absolute atomic E-state index is 12.9. The standard InChI is InChI=1S/C20H25N7O2/c1-4-15-11-26-10-14(5-6-17(26)23-15)12(2)22-20(29)16-9-21-27(13(16)3)18-7-8-19(28)25-24-18/h7-9,11-12,14H,4-6,10H2,1-3H3,(H,22,29)(H,25,28). The molecule has 9 heteroatoms. The lowest BCUT2D eigenvalue weighted by Gasteiger charge is -2.29. The maximum atomic E-state index is 12.9. The highest BCUT2D eigenvalue weighted by molar-refractivity contribution is 5.95. The van der Waals surface area contributed by atoms with Gasteiger partial charge < -0.3 is 9.88 Å². The molecule has 4 rings (SSSR count). The molecule has 2 unspecified atom stereocenters. The van der Waals surface area contributed by atoms with E-state index >= 15 is 0 Å². The lowest BCUT2D eigenvalue weighted by atomic mass is 9.92. The van der Waals surface area contributed by atoms with E-state index in [0.717, 1.165) is 37.3 Å². The number of aromatic amines is 1. The lowest BCUT2D eigenvalue weighted by molar-refractivity contribution is 0.0918. The van der Waals surface area contributed by atoms with Crippen LogP contribution in [0.25, 0.3) is 5.82 Å². The predicted molar refractivity (Wildman–Crippen MR) is 107 cm³/mol. The van der Waals surface area contributed by atoms with E-state index < -0.39 is 0 Å². The monoisotopic (exact) mass is 395 g/mol. The van der Waals surface area contributed by atoms with Crippen molar-refractivity contribution in [2.75, 3.05) is 0 Å². The SMILES string of the molecule is CCc1cn2c(n1)CCC(C(C)NC(=O)c1cnn(-c3ccc(=O)[nH]n3)c1C)C2. The normalized spacial score (nSPS) is 17.0. The first-order valence-corrected chi connectivity index (χ1v) is 9.92. The van der Waals surface area contributed by atoms with Crippen molar-refractivity contribution in [3.63, 3.8) is 0 Å². The Bertz CT molecular complexity index is 1070. The van der Waals surface area contributed by atoms with Crippen molar-refractivity contribution in [2.45, 2.75) is 52.6 Å². The first kappa shape index (κ1) is 19.1.